The first kappa shape index (κ1) is 12.9. The Bertz CT molecular complexity index is 623. The maximum absolute atomic E-state index is 12.2. The number of nitrogens with zero attached hydrogens (tertiary/aromatic N) is 1. The fourth-order valence-corrected chi connectivity index (χ4v) is 1.79. The molecule has 0 amide bonds. The summed E-state index contributed by atoms with van der Waals surface area (Å²) in [6.07, 6.45) is 0. The minimum absolute atomic E-state index is 0.145. The van der Waals surface area contributed by atoms with Crippen molar-refractivity contribution < 1.29 is 14.8 Å². The molecule has 0 spiro atoms. The largest absolute Gasteiger partial charge is 0.392 e. The Labute approximate surface area is 109 Å². The number of aliphatic hydroxyl groups excluding tert-OH is 1. The van der Waals surface area contributed by atoms with Gasteiger partial charge < -0.3 is 5.11 Å². The Kier molecular flexibility index (Phi) is 3.68. The normalized spacial score (nSPS) is 10.2. The number of benzene rings is 2. The summed E-state index contributed by atoms with van der Waals surface area (Å²) in [5.74, 6) is -0.264. The van der Waals surface area contributed by atoms with Crippen molar-refractivity contribution in [3.05, 3.63) is 75.3 Å². The Hall–Kier alpha value is -2.53. The van der Waals surface area contributed by atoms with Crippen molar-refractivity contribution in [2.75, 3.05) is 0 Å². The first-order valence-corrected chi connectivity index (χ1v) is 5.61. The predicted molar refractivity (Wildman–Crippen MR) is 68.9 cm³/mol. The molecule has 5 nitrogen and oxygen atoms in total. The molecule has 2 rings (SSSR count). The van der Waals surface area contributed by atoms with E-state index in [0.29, 0.717) is 5.56 Å². The molecule has 0 bridgehead atoms. The maximum atomic E-state index is 12.2. The lowest BCUT2D eigenvalue weighted by Gasteiger charge is -2.06. The van der Waals surface area contributed by atoms with Gasteiger partial charge in [0.05, 0.1) is 11.5 Å². The maximum Gasteiger partial charge on any atom is 0.269 e. The topological polar surface area (TPSA) is 80.4 Å². The van der Waals surface area contributed by atoms with E-state index < -0.39 is 11.5 Å². The smallest absolute Gasteiger partial charge is 0.269 e. The molecule has 0 heterocycles. The molecule has 96 valence electrons. The third kappa shape index (κ3) is 2.66. The van der Waals surface area contributed by atoms with E-state index in [9.17, 15) is 20.0 Å². The molecule has 0 radical (unpaired) electrons. The molecule has 2 aromatic carbocycles. The van der Waals surface area contributed by atoms with Gasteiger partial charge in [-0.25, -0.2) is 0 Å². The average Bonchev–Trinajstić information content (AvgIpc) is 2.46. The number of ketones is 1. The second-order valence-corrected chi connectivity index (χ2v) is 3.95. The van der Waals surface area contributed by atoms with Crippen LogP contribution >= 0.6 is 0 Å². The van der Waals surface area contributed by atoms with Gasteiger partial charge in [0.15, 0.2) is 5.78 Å². The van der Waals surface area contributed by atoms with Crippen molar-refractivity contribution in [1.29, 1.82) is 0 Å². The molecule has 0 fully saturated rings. The molecule has 5 heteroatoms. The monoisotopic (exact) mass is 257 g/mol. The average molecular weight is 257 g/mol. The lowest BCUT2D eigenvalue weighted by molar-refractivity contribution is -0.384. The van der Waals surface area contributed by atoms with E-state index in [1.54, 1.807) is 30.3 Å². The van der Waals surface area contributed by atoms with Gasteiger partial charge in [-0.15, -0.1) is 0 Å². The Balaban J connectivity index is 2.45. The minimum Gasteiger partial charge on any atom is -0.392 e. The van der Waals surface area contributed by atoms with Crippen LogP contribution < -0.4 is 0 Å². The summed E-state index contributed by atoms with van der Waals surface area (Å²) in [5.41, 5.74) is 0.863. The number of aliphatic hydroxyl groups is 1. The fraction of sp³-hybridized carbons (Fsp3) is 0.0714. The summed E-state index contributed by atoms with van der Waals surface area (Å²) in [5, 5.41) is 19.9. The molecule has 0 aliphatic carbocycles. The Morgan fingerprint density at radius 2 is 1.84 bits per heavy atom. The van der Waals surface area contributed by atoms with Crippen molar-refractivity contribution in [2.45, 2.75) is 6.61 Å². The fourth-order valence-electron chi connectivity index (χ4n) is 1.79. The van der Waals surface area contributed by atoms with E-state index in [0.717, 1.165) is 0 Å². The number of non-ortho nitro benzene ring substituents is 1. The second-order valence-electron chi connectivity index (χ2n) is 3.95. The van der Waals surface area contributed by atoms with E-state index in [1.807, 2.05) is 0 Å². The highest BCUT2D eigenvalue weighted by molar-refractivity contribution is 6.10. The molecule has 0 aromatic heterocycles. The van der Waals surface area contributed by atoms with Crippen LogP contribution in [0, 0.1) is 10.1 Å². The molecule has 0 aliphatic rings. The molecule has 19 heavy (non-hydrogen) atoms. The SMILES string of the molecule is O=C(c1ccccc1)c1ccc([N+](=O)[O-])cc1CO. The number of hydrogen-bond acceptors (Lipinski definition) is 4. The second kappa shape index (κ2) is 5.41. The molecule has 0 atom stereocenters. The summed E-state index contributed by atoms with van der Waals surface area (Å²) < 4.78 is 0. The summed E-state index contributed by atoms with van der Waals surface area (Å²) in [7, 11) is 0. The van der Waals surface area contributed by atoms with Crippen molar-refractivity contribution in [3.8, 4) is 0 Å². The van der Waals surface area contributed by atoms with Crippen LogP contribution in [0.15, 0.2) is 48.5 Å². The van der Waals surface area contributed by atoms with Gasteiger partial charge in [0.1, 0.15) is 0 Å². The highest BCUT2D eigenvalue weighted by Crippen LogP contribution is 2.20. The zero-order valence-electron chi connectivity index (χ0n) is 9.95. The van der Waals surface area contributed by atoms with Crippen LogP contribution in [-0.4, -0.2) is 15.8 Å². The molecular weight excluding hydrogens is 246 g/mol. The quantitative estimate of drug-likeness (QED) is 0.517. The van der Waals surface area contributed by atoms with Crippen molar-refractivity contribution in [2.24, 2.45) is 0 Å². The Morgan fingerprint density at radius 3 is 2.42 bits per heavy atom. The van der Waals surface area contributed by atoms with Crippen LogP contribution in [-0.2, 0) is 6.61 Å². The van der Waals surface area contributed by atoms with Gasteiger partial charge >= 0.3 is 0 Å². The summed E-state index contributed by atoms with van der Waals surface area (Å²) >= 11 is 0. The van der Waals surface area contributed by atoms with Gasteiger partial charge in [-0.1, -0.05) is 30.3 Å². The summed E-state index contributed by atoms with van der Waals surface area (Å²) in [4.78, 5) is 22.3. The molecule has 0 unspecified atom stereocenters. The van der Waals surface area contributed by atoms with Crippen LogP contribution in [0.4, 0.5) is 5.69 Å². The number of carbonyl (C=O) groups excluding carboxylic acids is 1. The van der Waals surface area contributed by atoms with Gasteiger partial charge in [-0.05, 0) is 11.6 Å². The van der Waals surface area contributed by atoms with Gasteiger partial charge in [0.25, 0.3) is 5.69 Å². The number of nitro groups is 1. The molecule has 0 saturated carbocycles. The van der Waals surface area contributed by atoms with E-state index in [-0.39, 0.29) is 22.6 Å². The van der Waals surface area contributed by atoms with Gasteiger partial charge in [0, 0.05) is 23.3 Å². The highest BCUT2D eigenvalue weighted by Gasteiger charge is 2.16. The zero-order valence-corrected chi connectivity index (χ0v) is 9.95. The van der Waals surface area contributed by atoms with E-state index in [4.69, 9.17) is 0 Å². The summed E-state index contributed by atoms with van der Waals surface area (Å²) in [6.45, 7) is -0.421. The third-order valence-corrected chi connectivity index (χ3v) is 2.75. The van der Waals surface area contributed by atoms with Crippen LogP contribution in [0.1, 0.15) is 21.5 Å². The Morgan fingerprint density at radius 1 is 1.16 bits per heavy atom. The van der Waals surface area contributed by atoms with Crippen LogP contribution in [0.5, 0.6) is 0 Å². The minimum atomic E-state index is -0.560. The lowest BCUT2D eigenvalue weighted by Crippen LogP contribution is -2.06. The van der Waals surface area contributed by atoms with Crippen molar-refractivity contribution in [1.82, 2.24) is 0 Å². The van der Waals surface area contributed by atoms with Crippen LogP contribution in [0.25, 0.3) is 0 Å². The summed E-state index contributed by atoms with van der Waals surface area (Å²) in [6, 6.07) is 12.4. The van der Waals surface area contributed by atoms with Gasteiger partial charge in [-0.3, -0.25) is 14.9 Å². The van der Waals surface area contributed by atoms with E-state index in [2.05, 4.69) is 0 Å². The number of nitro benzene ring substituents is 1. The first-order valence-electron chi connectivity index (χ1n) is 5.61. The predicted octanol–water partition coefficient (Wildman–Crippen LogP) is 2.32. The van der Waals surface area contributed by atoms with Crippen molar-refractivity contribution >= 4 is 11.5 Å². The van der Waals surface area contributed by atoms with Crippen LogP contribution in [0.2, 0.25) is 0 Å². The van der Waals surface area contributed by atoms with E-state index >= 15 is 0 Å². The standard InChI is InChI=1S/C14H11NO4/c16-9-11-8-12(15(18)19)6-7-13(11)14(17)10-4-2-1-3-5-10/h1-8,16H,9H2. The van der Waals surface area contributed by atoms with Gasteiger partial charge in [-0.2, -0.15) is 0 Å². The highest BCUT2D eigenvalue weighted by atomic mass is 16.6. The number of carbonyl (C=O) groups is 1. The molecule has 2 aromatic rings. The molecule has 0 aliphatic heterocycles. The molecule has 1 N–H and O–H groups in total. The molecule has 0 saturated heterocycles. The third-order valence-electron chi connectivity index (χ3n) is 2.75. The van der Waals surface area contributed by atoms with E-state index in [1.165, 1.54) is 18.2 Å². The lowest BCUT2D eigenvalue weighted by atomic mass is 9.98. The number of hydrogen-bond donors (Lipinski definition) is 1. The first-order chi connectivity index (χ1) is 9.13. The zero-order chi connectivity index (χ0) is 13.8. The number of rotatable bonds is 4. The van der Waals surface area contributed by atoms with Gasteiger partial charge in [0.2, 0.25) is 0 Å². The molecular formula is C14H11NO4. The van der Waals surface area contributed by atoms with Crippen LogP contribution in [0.3, 0.4) is 0 Å². The van der Waals surface area contributed by atoms with Crippen molar-refractivity contribution in [3.63, 3.8) is 0 Å².